The fourth-order valence-electron chi connectivity index (χ4n) is 2.46. The van der Waals surface area contributed by atoms with Crippen LogP contribution in [-0.2, 0) is 4.79 Å². The first-order chi connectivity index (χ1) is 7.97. The normalized spacial score (nSPS) is 23.8. The third-order valence-electron chi connectivity index (χ3n) is 3.67. The molecule has 0 aromatic carbocycles. The Kier molecular flexibility index (Phi) is 5.40. The molecular formula is C13H27N3O. The lowest BCUT2D eigenvalue weighted by molar-refractivity contribution is -0.136. The summed E-state index contributed by atoms with van der Waals surface area (Å²) in [7, 11) is 2.12. The standard InChI is InChI=1S/C13H27N3O/c1-5-16(13(17)12(14)10(2)3)11-7-6-8-15(4)9-11/h10-12H,5-9,14H2,1-4H3/t11-,12+/m1/s1. The number of nitrogens with two attached hydrogens (primary N) is 1. The van der Waals surface area contributed by atoms with E-state index in [9.17, 15) is 4.79 Å². The van der Waals surface area contributed by atoms with Crippen molar-refractivity contribution in [2.24, 2.45) is 11.7 Å². The van der Waals surface area contributed by atoms with Gasteiger partial charge in [-0.05, 0) is 39.3 Å². The molecule has 0 aromatic heterocycles. The number of hydrogen-bond acceptors (Lipinski definition) is 3. The van der Waals surface area contributed by atoms with E-state index >= 15 is 0 Å². The van der Waals surface area contributed by atoms with Gasteiger partial charge in [-0.1, -0.05) is 13.8 Å². The highest BCUT2D eigenvalue weighted by Gasteiger charge is 2.30. The Balaban J connectivity index is 2.66. The number of rotatable bonds is 4. The summed E-state index contributed by atoms with van der Waals surface area (Å²) in [6.45, 7) is 8.92. The summed E-state index contributed by atoms with van der Waals surface area (Å²) in [5, 5.41) is 0. The van der Waals surface area contributed by atoms with Gasteiger partial charge in [0.25, 0.3) is 0 Å². The fourth-order valence-corrected chi connectivity index (χ4v) is 2.46. The zero-order valence-electron chi connectivity index (χ0n) is 11.6. The van der Waals surface area contributed by atoms with E-state index in [0.717, 1.165) is 26.1 Å². The molecule has 0 unspecified atom stereocenters. The molecule has 100 valence electrons. The zero-order valence-corrected chi connectivity index (χ0v) is 11.6. The molecule has 0 aliphatic carbocycles. The lowest BCUT2D eigenvalue weighted by atomic mass is 10.00. The van der Waals surface area contributed by atoms with Gasteiger partial charge in [0.1, 0.15) is 0 Å². The molecule has 0 aromatic rings. The summed E-state index contributed by atoms with van der Waals surface area (Å²) >= 11 is 0. The van der Waals surface area contributed by atoms with Crippen LogP contribution in [0.5, 0.6) is 0 Å². The minimum absolute atomic E-state index is 0.114. The quantitative estimate of drug-likeness (QED) is 0.796. The second-order valence-corrected chi connectivity index (χ2v) is 5.45. The molecule has 4 nitrogen and oxygen atoms in total. The molecule has 2 N–H and O–H groups in total. The first kappa shape index (κ1) is 14.5. The lowest BCUT2D eigenvalue weighted by Crippen LogP contribution is -2.54. The predicted molar refractivity (Wildman–Crippen MR) is 70.7 cm³/mol. The van der Waals surface area contributed by atoms with Crippen LogP contribution in [0.1, 0.15) is 33.6 Å². The molecule has 1 aliphatic rings. The third kappa shape index (κ3) is 3.68. The van der Waals surface area contributed by atoms with E-state index in [1.165, 1.54) is 6.42 Å². The molecule has 1 heterocycles. The van der Waals surface area contributed by atoms with Gasteiger partial charge in [0.2, 0.25) is 5.91 Å². The number of amides is 1. The monoisotopic (exact) mass is 241 g/mol. The third-order valence-corrected chi connectivity index (χ3v) is 3.67. The summed E-state index contributed by atoms with van der Waals surface area (Å²) in [6, 6.07) is -0.0155. The summed E-state index contributed by atoms with van der Waals surface area (Å²) in [5.41, 5.74) is 5.97. The molecule has 4 heteroatoms. The Bertz CT molecular complexity index is 255. The van der Waals surface area contributed by atoms with Gasteiger partial charge in [-0.15, -0.1) is 0 Å². The maximum atomic E-state index is 12.3. The highest BCUT2D eigenvalue weighted by atomic mass is 16.2. The van der Waals surface area contributed by atoms with Crippen molar-refractivity contribution in [2.75, 3.05) is 26.7 Å². The van der Waals surface area contributed by atoms with Crippen molar-refractivity contribution < 1.29 is 4.79 Å². The van der Waals surface area contributed by atoms with Gasteiger partial charge in [0.05, 0.1) is 6.04 Å². The van der Waals surface area contributed by atoms with Crippen LogP contribution in [0.2, 0.25) is 0 Å². The van der Waals surface area contributed by atoms with Crippen molar-refractivity contribution in [3.8, 4) is 0 Å². The van der Waals surface area contributed by atoms with Crippen molar-refractivity contribution in [3.63, 3.8) is 0 Å². The average molecular weight is 241 g/mol. The van der Waals surface area contributed by atoms with Crippen LogP contribution in [0.3, 0.4) is 0 Å². The second-order valence-electron chi connectivity index (χ2n) is 5.45. The Morgan fingerprint density at radius 1 is 1.53 bits per heavy atom. The van der Waals surface area contributed by atoms with Gasteiger partial charge >= 0.3 is 0 Å². The smallest absolute Gasteiger partial charge is 0.240 e. The van der Waals surface area contributed by atoms with Crippen molar-refractivity contribution in [1.29, 1.82) is 0 Å². The van der Waals surface area contributed by atoms with E-state index in [1.807, 2.05) is 25.7 Å². The fraction of sp³-hybridized carbons (Fsp3) is 0.923. The van der Waals surface area contributed by atoms with Crippen molar-refractivity contribution >= 4 is 5.91 Å². The van der Waals surface area contributed by atoms with Crippen LogP contribution in [0.25, 0.3) is 0 Å². The number of likely N-dealkylation sites (tertiary alicyclic amines) is 1. The van der Waals surface area contributed by atoms with E-state index < -0.39 is 0 Å². The van der Waals surface area contributed by atoms with Crippen LogP contribution in [0.15, 0.2) is 0 Å². The number of nitrogens with zero attached hydrogens (tertiary/aromatic N) is 2. The van der Waals surface area contributed by atoms with E-state index in [4.69, 9.17) is 5.73 Å². The Morgan fingerprint density at radius 2 is 2.18 bits per heavy atom. The molecule has 17 heavy (non-hydrogen) atoms. The SMILES string of the molecule is CCN(C(=O)[C@@H](N)C(C)C)[C@@H]1CCCN(C)C1. The summed E-state index contributed by atoms with van der Waals surface area (Å²) in [6.07, 6.45) is 2.27. The van der Waals surface area contributed by atoms with Gasteiger partial charge in [-0.25, -0.2) is 0 Å². The van der Waals surface area contributed by atoms with E-state index in [-0.39, 0.29) is 17.9 Å². The van der Waals surface area contributed by atoms with Crippen LogP contribution in [-0.4, -0.2) is 54.5 Å². The molecule has 0 spiro atoms. The van der Waals surface area contributed by atoms with E-state index in [1.54, 1.807) is 0 Å². The van der Waals surface area contributed by atoms with Gasteiger partial charge in [0.15, 0.2) is 0 Å². The summed E-state index contributed by atoms with van der Waals surface area (Å²) in [5.74, 6) is 0.320. The van der Waals surface area contributed by atoms with Crippen molar-refractivity contribution in [3.05, 3.63) is 0 Å². The lowest BCUT2D eigenvalue weighted by Gasteiger charge is -2.39. The first-order valence-electron chi connectivity index (χ1n) is 6.72. The Labute approximate surface area is 105 Å². The number of carbonyl (C=O) groups is 1. The number of likely N-dealkylation sites (N-methyl/N-ethyl adjacent to an activating group) is 2. The number of carbonyl (C=O) groups excluding carboxylic acids is 1. The highest BCUT2D eigenvalue weighted by molar-refractivity contribution is 5.82. The molecule has 0 radical (unpaired) electrons. The molecule has 1 rings (SSSR count). The Hall–Kier alpha value is -0.610. The number of piperidine rings is 1. The van der Waals surface area contributed by atoms with Crippen LogP contribution >= 0.6 is 0 Å². The topological polar surface area (TPSA) is 49.6 Å². The van der Waals surface area contributed by atoms with Crippen LogP contribution < -0.4 is 5.73 Å². The minimum atomic E-state index is -0.359. The average Bonchev–Trinajstić information content (AvgIpc) is 2.28. The molecule has 1 saturated heterocycles. The molecule has 0 saturated carbocycles. The maximum absolute atomic E-state index is 12.3. The van der Waals surface area contributed by atoms with E-state index in [2.05, 4.69) is 11.9 Å². The zero-order chi connectivity index (χ0) is 13.0. The minimum Gasteiger partial charge on any atom is -0.337 e. The first-order valence-corrected chi connectivity index (χ1v) is 6.72. The van der Waals surface area contributed by atoms with Crippen LogP contribution in [0.4, 0.5) is 0 Å². The van der Waals surface area contributed by atoms with Crippen molar-refractivity contribution in [2.45, 2.75) is 45.7 Å². The highest BCUT2D eigenvalue weighted by Crippen LogP contribution is 2.16. The molecule has 0 bridgehead atoms. The maximum Gasteiger partial charge on any atom is 0.240 e. The van der Waals surface area contributed by atoms with Gasteiger partial charge < -0.3 is 15.5 Å². The molecule has 1 fully saturated rings. The van der Waals surface area contributed by atoms with E-state index in [0.29, 0.717) is 6.04 Å². The molecular weight excluding hydrogens is 214 g/mol. The largest absolute Gasteiger partial charge is 0.337 e. The predicted octanol–water partition coefficient (Wildman–Crippen LogP) is 0.912. The van der Waals surface area contributed by atoms with Gasteiger partial charge in [-0.2, -0.15) is 0 Å². The summed E-state index contributed by atoms with van der Waals surface area (Å²) in [4.78, 5) is 16.6. The molecule has 1 amide bonds. The van der Waals surface area contributed by atoms with Crippen molar-refractivity contribution in [1.82, 2.24) is 9.80 Å². The Morgan fingerprint density at radius 3 is 2.65 bits per heavy atom. The van der Waals surface area contributed by atoms with Gasteiger partial charge in [0, 0.05) is 19.1 Å². The molecule has 2 atom stereocenters. The summed E-state index contributed by atoms with van der Waals surface area (Å²) < 4.78 is 0. The van der Waals surface area contributed by atoms with Crippen LogP contribution in [0, 0.1) is 5.92 Å². The second kappa shape index (κ2) is 6.36. The number of hydrogen-bond donors (Lipinski definition) is 1. The van der Waals surface area contributed by atoms with Gasteiger partial charge in [-0.3, -0.25) is 4.79 Å². The molecule has 1 aliphatic heterocycles.